The fraction of sp³-hybridized carbons (Fsp3) is 0.562. The number of amides is 1. The highest BCUT2D eigenvalue weighted by Crippen LogP contribution is 2.28. The molecule has 3 rings (SSSR count). The summed E-state index contributed by atoms with van der Waals surface area (Å²) in [6, 6.07) is 4.68. The molecule has 0 atom stereocenters. The average molecular weight is 335 g/mol. The third-order valence-electron chi connectivity index (χ3n) is 4.16. The van der Waals surface area contributed by atoms with E-state index in [4.69, 9.17) is 9.47 Å². The first-order chi connectivity index (χ1) is 11.5. The van der Waals surface area contributed by atoms with Crippen molar-refractivity contribution in [1.82, 2.24) is 5.32 Å². The van der Waals surface area contributed by atoms with Gasteiger partial charge in [0.2, 0.25) is 0 Å². The molecule has 0 unspecified atom stereocenters. The zero-order valence-corrected chi connectivity index (χ0v) is 13.5. The zero-order chi connectivity index (χ0) is 17.2. The maximum atomic E-state index is 12.0. The molecule has 2 N–H and O–H groups in total. The number of nitrogens with zero attached hydrogens (tertiary/aromatic N) is 1. The summed E-state index contributed by atoms with van der Waals surface area (Å²) in [6.07, 6.45) is 2.50. The van der Waals surface area contributed by atoms with Crippen LogP contribution in [0.1, 0.15) is 36.5 Å². The quantitative estimate of drug-likeness (QED) is 0.584. The highest BCUT2D eigenvalue weighted by Gasteiger charge is 2.30. The summed E-state index contributed by atoms with van der Waals surface area (Å²) in [7, 11) is 0. The van der Waals surface area contributed by atoms with Crippen molar-refractivity contribution in [3.63, 3.8) is 0 Å². The number of nitro benzene ring substituents is 1. The highest BCUT2D eigenvalue weighted by molar-refractivity contribution is 5.96. The van der Waals surface area contributed by atoms with Gasteiger partial charge in [0.05, 0.1) is 18.1 Å². The van der Waals surface area contributed by atoms with Crippen LogP contribution in [0.5, 0.6) is 0 Å². The number of carbonyl (C=O) groups excluding carboxylic acids is 1. The van der Waals surface area contributed by atoms with Crippen LogP contribution in [0.25, 0.3) is 0 Å². The summed E-state index contributed by atoms with van der Waals surface area (Å²) >= 11 is 0. The van der Waals surface area contributed by atoms with E-state index in [2.05, 4.69) is 10.6 Å². The third kappa shape index (κ3) is 4.01. The Morgan fingerprint density at radius 1 is 1.38 bits per heavy atom. The second kappa shape index (κ2) is 6.74. The van der Waals surface area contributed by atoms with Crippen LogP contribution >= 0.6 is 0 Å². The molecular weight excluding hydrogens is 314 g/mol. The molecule has 1 aromatic carbocycles. The minimum Gasteiger partial charge on any atom is -0.379 e. The van der Waals surface area contributed by atoms with E-state index in [-0.39, 0.29) is 17.6 Å². The minimum atomic E-state index is -0.647. The maximum Gasteiger partial charge on any atom is 0.293 e. The normalized spacial score (nSPS) is 19.0. The zero-order valence-electron chi connectivity index (χ0n) is 13.5. The van der Waals surface area contributed by atoms with Gasteiger partial charge >= 0.3 is 0 Å². The lowest BCUT2D eigenvalue weighted by molar-refractivity contribution is -0.384. The summed E-state index contributed by atoms with van der Waals surface area (Å²) in [5, 5.41) is 17.2. The van der Waals surface area contributed by atoms with Crippen molar-refractivity contribution in [3.05, 3.63) is 33.9 Å². The Bertz CT molecular complexity index is 639. The molecule has 0 bridgehead atoms. The molecule has 2 fully saturated rings. The van der Waals surface area contributed by atoms with Crippen molar-refractivity contribution in [2.45, 2.75) is 38.0 Å². The van der Waals surface area contributed by atoms with Gasteiger partial charge in [-0.05, 0) is 31.9 Å². The first-order valence-electron chi connectivity index (χ1n) is 8.08. The van der Waals surface area contributed by atoms with Crippen molar-refractivity contribution in [1.29, 1.82) is 0 Å². The van der Waals surface area contributed by atoms with Gasteiger partial charge in [-0.1, -0.05) is 0 Å². The van der Waals surface area contributed by atoms with Crippen LogP contribution in [0, 0.1) is 10.1 Å². The topological polar surface area (TPSA) is 103 Å². The van der Waals surface area contributed by atoms with Crippen molar-refractivity contribution >= 4 is 17.3 Å². The summed E-state index contributed by atoms with van der Waals surface area (Å²) in [5.41, 5.74) is 0.565. The molecule has 1 saturated heterocycles. The van der Waals surface area contributed by atoms with Crippen LogP contribution in [0.15, 0.2) is 18.2 Å². The van der Waals surface area contributed by atoms with E-state index in [1.807, 2.05) is 6.92 Å². The number of hydrogen-bond acceptors (Lipinski definition) is 6. The number of carbonyl (C=O) groups is 1. The van der Waals surface area contributed by atoms with Crippen molar-refractivity contribution in [2.75, 3.05) is 25.1 Å². The predicted octanol–water partition coefficient (Wildman–Crippen LogP) is 2.05. The molecule has 0 aromatic heterocycles. The Labute approximate surface area is 139 Å². The van der Waals surface area contributed by atoms with E-state index in [0.29, 0.717) is 37.4 Å². The van der Waals surface area contributed by atoms with Gasteiger partial charge in [-0.15, -0.1) is 0 Å². The van der Waals surface area contributed by atoms with Crippen LogP contribution in [0.2, 0.25) is 0 Å². The smallest absolute Gasteiger partial charge is 0.293 e. The van der Waals surface area contributed by atoms with Gasteiger partial charge in [-0.3, -0.25) is 14.9 Å². The highest BCUT2D eigenvalue weighted by atomic mass is 16.7. The first-order valence-corrected chi connectivity index (χ1v) is 8.08. The fourth-order valence-corrected chi connectivity index (χ4v) is 2.60. The number of anilines is 1. The SMILES string of the molecule is CC1(CCNc2ccc(C(=O)NC3CC3)cc2[N+](=O)[O-])OCCO1. The Hall–Kier alpha value is -2.19. The Morgan fingerprint density at radius 2 is 2.08 bits per heavy atom. The standard InChI is InChI=1S/C16H21N3O5/c1-16(23-8-9-24-16)6-7-17-13-5-2-11(10-14(13)19(21)22)15(20)18-12-3-4-12/h2,5,10,12,17H,3-4,6-9H2,1H3,(H,18,20). The number of benzene rings is 1. The van der Waals surface area contributed by atoms with E-state index >= 15 is 0 Å². The molecule has 1 amide bonds. The first kappa shape index (κ1) is 16.7. The predicted molar refractivity (Wildman–Crippen MR) is 87.0 cm³/mol. The summed E-state index contributed by atoms with van der Waals surface area (Å²) in [5.74, 6) is -0.918. The van der Waals surface area contributed by atoms with Gasteiger partial charge in [-0.25, -0.2) is 0 Å². The molecule has 8 heteroatoms. The van der Waals surface area contributed by atoms with Gasteiger partial charge < -0.3 is 20.1 Å². The molecule has 24 heavy (non-hydrogen) atoms. The van der Waals surface area contributed by atoms with Gasteiger partial charge in [0, 0.05) is 30.6 Å². The van der Waals surface area contributed by atoms with Crippen LogP contribution < -0.4 is 10.6 Å². The second-order valence-corrected chi connectivity index (χ2v) is 6.24. The molecule has 1 aromatic rings. The van der Waals surface area contributed by atoms with Gasteiger partial charge in [0.1, 0.15) is 5.69 Å². The van der Waals surface area contributed by atoms with Crippen LogP contribution in [-0.2, 0) is 9.47 Å². The lowest BCUT2D eigenvalue weighted by Gasteiger charge is -2.22. The molecule has 2 aliphatic rings. The number of ether oxygens (including phenoxy) is 2. The lowest BCUT2D eigenvalue weighted by Crippen LogP contribution is -2.28. The molecule has 0 spiro atoms. The Balaban J connectivity index is 1.65. The van der Waals surface area contributed by atoms with E-state index in [0.717, 1.165) is 12.8 Å². The Kier molecular flexibility index (Phi) is 4.68. The average Bonchev–Trinajstić information content (AvgIpc) is 3.26. The summed E-state index contributed by atoms with van der Waals surface area (Å²) < 4.78 is 11.0. The minimum absolute atomic E-state index is 0.114. The van der Waals surface area contributed by atoms with Crippen LogP contribution in [-0.4, -0.2) is 42.4 Å². The lowest BCUT2D eigenvalue weighted by atomic mass is 10.1. The van der Waals surface area contributed by atoms with E-state index in [1.54, 1.807) is 12.1 Å². The molecule has 0 radical (unpaired) electrons. The Morgan fingerprint density at radius 3 is 2.71 bits per heavy atom. The number of nitro groups is 1. The van der Waals surface area contributed by atoms with Gasteiger partial charge in [-0.2, -0.15) is 0 Å². The van der Waals surface area contributed by atoms with Crippen molar-refractivity contribution in [3.8, 4) is 0 Å². The molecule has 1 heterocycles. The molecule has 1 aliphatic carbocycles. The van der Waals surface area contributed by atoms with Crippen LogP contribution in [0.3, 0.4) is 0 Å². The largest absolute Gasteiger partial charge is 0.379 e. The maximum absolute atomic E-state index is 12.0. The molecule has 1 aliphatic heterocycles. The second-order valence-electron chi connectivity index (χ2n) is 6.24. The summed E-state index contributed by atoms with van der Waals surface area (Å²) in [6.45, 7) is 3.43. The van der Waals surface area contributed by atoms with Gasteiger partial charge in [0.25, 0.3) is 11.6 Å². The number of rotatable bonds is 7. The fourth-order valence-electron chi connectivity index (χ4n) is 2.60. The summed E-state index contributed by atoms with van der Waals surface area (Å²) in [4.78, 5) is 22.8. The van der Waals surface area contributed by atoms with E-state index in [1.165, 1.54) is 6.07 Å². The third-order valence-corrected chi connectivity index (χ3v) is 4.16. The van der Waals surface area contributed by atoms with E-state index < -0.39 is 10.7 Å². The van der Waals surface area contributed by atoms with Crippen molar-refractivity contribution in [2.24, 2.45) is 0 Å². The molecule has 130 valence electrons. The van der Waals surface area contributed by atoms with Crippen molar-refractivity contribution < 1.29 is 19.2 Å². The van der Waals surface area contributed by atoms with Gasteiger partial charge in [0.15, 0.2) is 5.79 Å². The number of nitrogens with one attached hydrogen (secondary N) is 2. The van der Waals surface area contributed by atoms with E-state index in [9.17, 15) is 14.9 Å². The monoisotopic (exact) mass is 335 g/mol. The van der Waals surface area contributed by atoms with Crippen LogP contribution in [0.4, 0.5) is 11.4 Å². The molecule has 1 saturated carbocycles. The number of hydrogen-bond donors (Lipinski definition) is 2. The molecular formula is C16H21N3O5. The molecule has 8 nitrogen and oxygen atoms in total.